The fraction of sp³-hybridized carbons (Fsp3) is 0.136. The number of benzene rings is 2. The van der Waals surface area contributed by atoms with Crippen LogP contribution in [0.25, 0.3) is 10.9 Å². The first-order chi connectivity index (χ1) is 13.5. The number of carbonyl (C=O) groups excluding carboxylic acids is 3. The van der Waals surface area contributed by atoms with Gasteiger partial charge in [-0.2, -0.15) is 0 Å². The van der Waals surface area contributed by atoms with E-state index in [0.29, 0.717) is 17.5 Å². The van der Waals surface area contributed by atoms with Gasteiger partial charge in [-0.15, -0.1) is 0 Å². The van der Waals surface area contributed by atoms with Crippen LogP contribution < -0.4 is 5.32 Å². The van der Waals surface area contributed by atoms with E-state index in [1.165, 1.54) is 11.6 Å². The van der Waals surface area contributed by atoms with Gasteiger partial charge >= 0.3 is 5.97 Å². The molecule has 0 atom stereocenters. The van der Waals surface area contributed by atoms with Gasteiger partial charge in [0, 0.05) is 29.7 Å². The Morgan fingerprint density at radius 1 is 1.11 bits per heavy atom. The number of aryl methyl sites for hydroxylation is 1. The van der Waals surface area contributed by atoms with Gasteiger partial charge in [0.2, 0.25) is 0 Å². The van der Waals surface area contributed by atoms with E-state index in [2.05, 4.69) is 5.32 Å². The lowest BCUT2D eigenvalue weighted by atomic mass is 10.1. The number of Topliss-reactive ketones (excluding diaryl/α,β-unsaturated/α-hetero) is 1. The van der Waals surface area contributed by atoms with Crippen LogP contribution in [-0.4, -0.2) is 28.8 Å². The molecule has 3 aromatic rings. The van der Waals surface area contributed by atoms with Crippen molar-refractivity contribution in [3.63, 3.8) is 0 Å². The summed E-state index contributed by atoms with van der Waals surface area (Å²) in [5, 5.41) is 3.17. The van der Waals surface area contributed by atoms with E-state index in [-0.39, 0.29) is 12.3 Å². The van der Waals surface area contributed by atoms with E-state index in [0.717, 1.165) is 11.1 Å². The number of aromatic nitrogens is 1. The zero-order valence-corrected chi connectivity index (χ0v) is 15.3. The molecule has 0 spiro atoms. The SMILES string of the molecule is Cc1ccc(Cn2cc(C(=O)C(=O)NC3=CC(=O)OC3)c3ccccc32)cc1. The number of nitrogens with zero attached hydrogens (tertiary/aromatic N) is 1. The Bertz CT molecular complexity index is 1120. The molecule has 0 saturated carbocycles. The highest BCUT2D eigenvalue weighted by atomic mass is 16.5. The third-order valence-electron chi connectivity index (χ3n) is 4.65. The Morgan fingerprint density at radius 2 is 1.86 bits per heavy atom. The third kappa shape index (κ3) is 3.44. The van der Waals surface area contributed by atoms with Crippen LogP contribution in [0.5, 0.6) is 0 Å². The smallest absolute Gasteiger partial charge is 0.333 e. The molecule has 1 aromatic heterocycles. The number of para-hydroxylation sites is 1. The molecule has 1 aliphatic heterocycles. The average Bonchev–Trinajstić information content (AvgIpc) is 3.27. The summed E-state index contributed by atoms with van der Waals surface area (Å²) in [6.45, 7) is 2.58. The molecule has 0 radical (unpaired) electrons. The fourth-order valence-corrected chi connectivity index (χ4v) is 3.22. The first kappa shape index (κ1) is 17.7. The van der Waals surface area contributed by atoms with Crippen LogP contribution in [-0.2, 0) is 20.9 Å². The van der Waals surface area contributed by atoms with Crippen LogP contribution in [0.15, 0.2) is 66.5 Å². The fourth-order valence-electron chi connectivity index (χ4n) is 3.22. The van der Waals surface area contributed by atoms with Crippen LogP contribution in [0.1, 0.15) is 21.5 Å². The van der Waals surface area contributed by atoms with Gasteiger partial charge in [0.1, 0.15) is 6.61 Å². The van der Waals surface area contributed by atoms with E-state index in [1.807, 2.05) is 60.0 Å². The lowest BCUT2D eigenvalue weighted by Crippen LogP contribution is -2.31. The van der Waals surface area contributed by atoms with Crippen molar-refractivity contribution in [1.82, 2.24) is 9.88 Å². The number of rotatable bonds is 5. The molecule has 4 rings (SSSR count). The summed E-state index contributed by atoms with van der Waals surface area (Å²) in [6, 6.07) is 15.6. The number of carbonyl (C=O) groups is 3. The Hall–Kier alpha value is -3.67. The summed E-state index contributed by atoms with van der Waals surface area (Å²) in [7, 11) is 0. The number of cyclic esters (lactones) is 1. The third-order valence-corrected chi connectivity index (χ3v) is 4.65. The zero-order chi connectivity index (χ0) is 19.7. The number of esters is 1. The molecular weight excluding hydrogens is 356 g/mol. The van der Waals surface area contributed by atoms with E-state index < -0.39 is 17.7 Å². The van der Waals surface area contributed by atoms with E-state index in [4.69, 9.17) is 4.74 Å². The summed E-state index contributed by atoms with van der Waals surface area (Å²) in [5.41, 5.74) is 3.76. The molecule has 0 unspecified atom stereocenters. The maximum Gasteiger partial charge on any atom is 0.333 e. The van der Waals surface area contributed by atoms with Crippen LogP contribution >= 0.6 is 0 Å². The zero-order valence-electron chi connectivity index (χ0n) is 15.3. The van der Waals surface area contributed by atoms with Gasteiger partial charge in [-0.1, -0.05) is 48.0 Å². The van der Waals surface area contributed by atoms with Gasteiger partial charge in [-0.3, -0.25) is 9.59 Å². The van der Waals surface area contributed by atoms with Gasteiger partial charge in [0.25, 0.3) is 11.7 Å². The highest BCUT2D eigenvalue weighted by Crippen LogP contribution is 2.23. The Labute approximate surface area is 161 Å². The molecule has 0 aliphatic carbocycles. The van der Waals surface area contributed by atoms with Crippen LogP contribution in [0.4, 0.5) is 0 Å². The van der Waals surface area contributed by atoms with Crippen molar-refractivity contribution in [1.29, 1.82) is 0 Å². The molecule has 2 heterocycles. The summed E-state index contributed by atoms with van der Waals surface area (Å²) in [6.07, 6.45) is 2.88. The van der Waals surface area contributed by atoms with Crippen LogP contribution in [0.2, 0.25) is 0 Å². The number of ketones is 1. The highest BCUT2D eigenvalue weighted by molar-refractivity contribution is 6.45. The van der Waals surface area contributed by atoms with Crippen molar-refractivity contribution >= 4 is 28.6 Å². The number of nitrogens with one attached hydrogen (secondary N) is 1. The van der Waals surface area contributed by atoms with Crippen molar-refractivity contribution in [3.05, 3.63) is 83.2 Å². The molecule has 2 aromatic carbocycles. The summed E-state index contributed by atoms with van der Waals surface area (Å²) in [5.74, 6) is -1.97. The maximum atomic E-state index is 12.8. The highest BCUT2D eigenvalue weighted by Gasteiger charge is 2.24. The monoisotopic (exact) mass is 374 g/mol. The molecule has 6 heteroatoms. The standard InChI is InChI=1S/C22H18N2O4/c1-14-6-8-15(9-7-14)11-24-12-18(17-4-2-3-5-19(17)24)21(26)22(27)23-16-10-20(25)28-13-16/h2-10,12H,11,13H2,1H3,(H,23,27). The largest absolute Gasteiger partial charge is 0.456 e. The predicted molar refractivity (Wildman–Crippen MR) is 104 cm³/mol. The first-order valence-corrected chi connectivity index (χ1v) is 8.88. The minimum Gasteiger partial charge on any atom is -0.456 e. The maximum absolute atomic E-state index is 12.8. The summed E-state index contributed by atoms with van der Waals surface area (Å²) >= 11 is 0. The lowest BCUT2D eigenvalue weighted by Gasteiger charge is -2.06. The molecule has 140 valence electrons. The van der Waals surface area contributed by atoms with Crippen molar-refractivity contribution in [3.8, 4) is 0 Å². The molecular formula is C22H18N2O4. The number of hydrogen-bond acceptors (Lipinski definition) is 4. The van der Waals surface area contributed by atoms with Crippen molar-refractivity contribution < 1.29 is 19.1 Å². The molecule has 28 heavy (non-hydrogen) atoms. The Kier molecular flexibility index (Phi) is 4.53. The Balaban J connectivity index is 1.64. The number of ether oxygens (including phenoxy) is 1. The molecule has 0 fully saturated rings. The summed E-state index contributed by atoms with van der Waals surface area (Å²) < 4.78 is 6.70. The van der Waals surface area contributed by atoms with Gasteiger partial charge < -0.3 is 14.6 Å². The van der Waals surface area contributed by atoms with Gasteiger partial charge in [-0.25, -0.2) is 4.79 Å². The predicted octanol–water partition coefficient (Wildman–Crippen LogP) is 2.74. The number of amides is 1. The second-order valence-corrected chi connectivity index (χ2v) is 6.73. The van der Waals surface area contributed by atoms with Gasteiger partial charge in [0.05, 0.1) is 11.3 Å². The van der Waals surface area contributed by atoms with Crippen LogP contribution in [0.3, 0.4) is 0 Å². The van der Waals surface area contributed by atoms with Crippen molar-refractivity contribution in [2.75, 3.05) is 6.61 Å². The van der Waals surface area contributed by atoms with Gasteiger partial charge in [0.15, 0.2) is 0 Å². The van der Waals surface area contributed by atoms with Crippen molar-refractivity contribution in [2.24, 2.45) is 0 Å². The molecule has 1 aliphatic rings. The molecule has 1 N–H and O–H groups in total. The normalized spacial score (nSPS) is 13.3. The second-order valence-electron chi connectivity index (χ2n) is 6.73. The van der Waals surface area contributed by atoms with E-state index >= 15 is 0 Å². The van der Waals surface area contributed by atoms with Crippen molar-refractivity contribution in [2.45, 2.75) is 13.5 Å². The number of fused-ring (bicyclic) bond motifs is 1. The lowest BCUT2D eigenvalue weighted by molar-refractivity contribution is -0.135. The molecule has 0 bridgehead atoms. The molecule has 0 saturated heterocycles. The Morgan fingerprint density at radius 3 is 2.57 bits per heavy atom. The molecule has 1 amide bonds. The second kappa shape index (κ2) is 7.15. The minimum absolute atomic E-state index is 0.0347. The van der Waals surface area contributed by atoms with E-state index in [1.54, 1.807) is 6.20 Å². The summed E-state index contributed by atoms with van der Waals surface area (Å²) in [4.78, 5) is 36.2. The quantitative estimate of drug-likeness (QED) is 0.423. The number of hydrogen-bond donors (Lipinski definition) is 1. The topological polar surface area (TPSA) is 77.4 Å². The van der Waals surface area contributed by atoms with E-state index in [9.17, 15) is 14.4 Å². The first-order valence-electron chi connectivity index (χ1n) is 8.88. The molecule has 6 nitrogen and oxygen atoms in total. The van der Waals surface area contributed by atoms with Gasteiger partial charge in [-0.05, 0) is 18.6 Å². The van der Waals surface area contributed by atoms with Crippen LogP contribution in [0, 0.1) is 6.92 Å². The minimum atomic E-state index is -0.789. The average molecular weight is 374 g/mol.